The maximum absolute atomic E-state index is 12.5. The molecule has 2 aromatic heterocycles. The van der Waals surface area contributed by atoms with Crippen molar-refractivity contribution in [3.63, 3.8) is 0 Å². The van der Waals surface area contributed by atoms with Gasteiger partial charge in [0.2, 0.25) is 5.91 Å². The lowest BCUT2D eigenvalue weighted by atomic mass is 10.0. The van der Waals surface area contributed by atoms with E-state index in [1.807, 2.05) is 13.8 Å². The monoisotopic (exact) mass is 347 g/mol. The van der Waals surface area contributed by atoms with Crippen LogP contribution in [0.15, 0.2) is 38.4 Å². The van der Waals surface area contributed by atoms with E-state index in [2.05, 4.69) is 5.16 Å². The number of H-pyrrole nitrogens is 1. The highest BCUT2D eigenvalue weighted by molar-refractivity contribution is 5.94. The van der Waals surface area contributed by atoms with Crippen LogP contribution in [0.2, 0.25) is 0 Å². The molecule has 134 valence electrons. The van der Waals surface area contributed by atoms with Crippen LogP contribution in [-0.2, 0) is 11.2 Å². The number of hydrogen-bond acceptors (Lipinski definition) is 5. The molecule has 0 saturated carbocycles. The molecule has 8 heteroatoms. The van der Waals surface area contributed by atoms with Crippen LogP contribution in [0.4, 0.5) is 0 Å². The molecule has 0 unspecified atom stereocenters. The lowest BCUT2D eigenvalue weighted by Gasteiger charge is -2.45. The third-order valence-electron chi connectivity index (χ3n) is 4.77. The average Bonchev–Trinajstić information content (AvgIpc) is 3.26. The molecule has 1 aliphatic heterocycles. The van der Waals surface area contributed by atoms with Crippen molar-refractivity contribution in [3.05, 3.63) is 46.3 Å². The first-order valence-electron chi connectivity index (χ1n) is 8.27. The molecule has 3 rings (SSSR count). The van der Waals surface area contributed by atoms with Gasteiger partial charge in [0.1, 0.15) is 12.0 Å². The Bertz CT molecular complexity index is 791. The third kappa shape index (κ3) is 3.52. The standard InChI is InChI=1S/C17H21N3O5/c1-11-12(2)20(17(23)13-5-8-24-10-13)7-6-19(11)16(22)4-3-14-9-15(21)18-25-14/h5,8-12H,3-4,6-7H2,1-2H3,(H,18,21)/t11-,12-/m1/s1. The summed E-state index contributed by atoms with van der Waals surface area (Å²) < 4.78 is 9.95. The number of aromatic amines is 1. The number of aryl methyl sites for hydroxylation is 1. The van der Waals surface area contributed by atoms with E-state index in [9.17, 15) is 14.4 Å². The Morgan fingerprint density at radius 2 is 1.96 bits per heavy atom. The van der Waals surface area contributed by atoms with Gasteiger partial charge < -0.3 is 18.7 Å². The molecule has 1 saturated heterocycles. The van der Waals surface area contributed by atoms with Crippen molar-refractivity contribution in [1.82, 2.24) is 15.0 Å². The van der Waals surface area contributed by atoms with Gasteiger partial charge in [-0.1, -0.05) is 0 Å². The molecule has 0 radical (unpaired) electrons. The summed E-state index contributed by atoms with van der Waals surface area (Å²) in [5.41, 5.74) is 0.206. The van der Waals surface area contributed by atoms with Crippen molar-refractivity contribution in [2.24, 2.45) is 0 Å². The molecular formula is C17H21N3O5. The van der Waals surface area contributed by atoms with E-state index in [0.717, 1.165) is 0 Å². The van der Waals surface area contributed by atoms with E-state index < -0.39 is 0 Å². The Labute approximate surface area is 144 Å². The van der Waals surface area contributed by atoms with Crippen LogP contribution >= 0.6 is 0 Å². The number of piperazine rings is 1. The Morgan fingerprint density at radius 3 is 2.60 bits per heavy atom. The molecule has 2 aromatic rings. The number of rotatable bonds is 4. The van der Waals surface area contributed by atoms with Crippen molar-refractivity contribution in [3.8, 4) is 0 Å². The Hall–Kier alpha value is -2.77. The first kappa shape index (κ1) is 17.1. The molecule has 1 fully saturated rings. The van der Waals surface area contributed by atoms with Gasteiger partial charge in [0.15, 0.2) is 0 Å². The van der Waals surface area contributed by atoms with Gasteiger partial charge in [-0.3, -0.25) is 14.4 Å². The van der Waals surface area contributed by atoms with Crippen LogP contribution in [0.5, 0.6) is 0 Å². The topological polar surface area (TPSA) is 99.8 Å². The van der Waals surface area contributed by atoms with Crippen LogP contribution in [0, 0.1) is 0 Å². The second-order valence-electron chi connectivity index (χ2n) is 6.26. The SMILES string of the molecule is C[C@@H]1[C@@H](C)N(C(=O)c2ccoc2)CCN1C(=O)CCc1cc(=O)[nH]o1. The van der Waals surface area contributed by atoms with E-state index in [-0.39, 0.29) is 35.9 Å². The number of carbonyl (C=O) groups excluding carboxylic acids is 2. The van der Waals surface area contributed by atoms with E-state index >= 15 is 0 Å². The number of hydrogen-bond donors (Lipinski definition) is 1. The minimum absolute atomic E-state index is 0.0152. The van der Waals surface area contributed by atoms with Crippen LogP contribution < -0.4 is 5.56 Å². The fourth-order valence-electron chi connectivity index (χ4n) is 3.15. The summed E-state index contributed by atoms with van der Waals surface area (Å²) >= 11 is 0. The number of amides is 2. The van der Waals surface area contributed by atoms with Crippen molar-refractivity contribution >= 4 is 11.8 Å². The van der Waals surface area contributed by atoms with Crippen LogP contribution in [0.25, 0.3) is 0 Å². The average molecular weight is 347 g/mol. The Morgan fingerprint density at radius 1 is 1.24 bits per heavy atom. The van der Waals surface area contributed by atoms with E-state index in [4.69, 9.17) is 8.94 Å². The normalized spacial score (nSPS) is 20.7. The highest BCUT2D eigenvalue weighted by atomic mass is 16.5. The number of carbonyl (C=O) groups is 2. The number of furan rings is 1. The van der Waals surface area contributed by atoms with Gasteiger partial charge in [0.05, 0.1) is 11.8 Å². The minimum atomic E-state index is -0.309. The molecule has 2 atom stereocenters. The van der Waals surface area contributed by atoms with Crippen molar-refractivity contribution in [2.75, 3.05) is 13.1 Å². The van der Waals surface area contributed by atoms with Crippen molar-refractivity contribution in [1.29, 1.82) is 0 Å². The van der Waals surface area contributed by atoms with Crippen molar-refractivity contribution < 1.29 is 18.5 Å². The second-order valence-corrected chi connectivity index (χ2v) is 6.26. The van der Waals surface area contributed by atoms with Gasteiger partial charge in [0, 0.05) is 44.1 Å². The molecule has 0 aliphatic carbocycles. The summed E-state index contributed by atoms with van der Waals surface area (Å²) in [5, 5.41) is 2.21. The summed E-state index contributed by atoms with van der Waals surface area (Å²) in [6.45, 7) is 4.83. The predicted molar refractivity (Wildman–Crippen MR) is 88.0 cm³/mol. The summed E-state index contributed by atoms with van der Waals surface area (Å²) in [5.74, 6) is 0.362. The zero-order chi connectivity index (χ0) is 18.0. The van der Waals surface area contributed by atoms with Gasteiger partial charge in [-0.05, 0) is 19.9 Å². The lowest BCUT2D eigenvalue weighted by Crippen LogP contribution is -2.60. The molecule has 0 spiro atoms. The second kappa shape index (κ2) is 7.00. The number of nitrogens with zero attached hydrogens (tertiary/aromatic N) is 2. The molecule has 2 amide bonds. The van der Waals surface area contributed by atoms with Gasteiger partial charge in [-0.25, -0.2) is 0 Å². The summed E-state index contributed by atoms with van der Waals surface area (Å²) in [7, 11) is 0. The highest BCUT2D eigenvalue weighted by Crippen LogP contribution is 2.21. The molecule has 1 aliphatic rings. The maximum atomic E-state index is 12.5. The van der Waals surface area contributed by atoms with Crippen LogP contribution in [0.1, 0.15) is 36.4 Å². The van der Waals surface area contributed by atoms with Gasteiger partial charge >= 0.3 is 0 Å². The fourth-order valence-corrected chi connectivity index (χ4v) is 3.15. The predicted octanol–water partition coefficient (Wildman–Crippen LogP) is 1.26. The largest absolute Gasteiger partial charge is 0.472 e. The fraction of sp³-hybridized carbons (Fsp3) is 0.471. The first-order valence-corrected chi connectivity index (χ1v) is 8.27. The zero-order valence-corrected chi connectivity index (χ0v) is 14.2. The molecule has 0 aromatic carbocycles. The van der Waals surface area contributed by atoms with Crippen LogP contribution in [-0.4, -0.2) is 51.9 Å². The van der Waals surface area contributed by atoms with Gasteiger partial charge in [-0.15, -0.1) is 0 Å². The maximum Gasteiger partial charge on any atom is 0.280 e. The summed E-state index contributed by atoms with van der Waals surface area (Å²) in [4.78, 5) is 39.6. The van der Waals surface area contributed by atoms with E-state index in [0.29, 0.717) is 30.8 Å². The third-order valence-corrected chi connectivity index (χ3v) is 4.77. The summed E-state index contributed by atoms with van der Waals surface area (Å²) in [6, 6.07) is 2.78. The molecule has 25 heavy (non-hydrogen) atoms. The smallest absolute Gasteiger partial charge is 0.280 e. The minimum Gasteiger partial charge on any atom is -0.472 e. The number of aromatic nitrogens is 1. The highest BCUT2D eigenvalue weighted by Gasteiger charge is 2.36. The van der Waals surface area contributed by atoms with Gasteiger partial charge in [-0.2, -0.15) is 5.16 Å². The molecular weight excluding hydrogens is 326 g/mol. The quantitative estimate of drug-likeness (QED) is 0.897. The Kier molecular flexibility index (Phi) is 4.78. The molecule has 0 bridgehead atoms. The molecule has 3 heterocycles. The number of nitrogens with one attached hydrogen (secondary N) is 1. The van der Waals surface area contributed by atoms with E-state index in [1.165, 1.54) is 18.6 Å². The lowest BCUT2D eigenvalue weighted by molar-refractivity contribution is -0.136. The zero-order valence-electron chi connectivity index (χ0n) is 14.2. The van der Waals surface area contributed by atoms with Gasteiger partial charge in [0.25, 0.3) is 11.5 Å². The molecule has 1 N–H and O–H groups in total. The Balaban J connectivity index is 1.60. The molecule has 8 nitrogen and oxygen atoms in total. The summed E-state index contributed by atoms with van der Waals surface area (Å²) in [6.07, 6.45) is 3.53. The first-order chi connectivity index (χ1) is 12.0. The van der Waals surface area contributed by atoms with E-state index in [1.54, 1.807) is 15.9 Å². The van der Waals surface area contributed by atoms with Crippen LogP contribution in [0.3, 0.4) is 0 Å². The van der Waals surface area contributed by atoms with Crippen molar-refractivity contribution in [2.45, 2.75) is 38.8 Å².